The van der Waals surface area contributed by atoms with Gasteiger partial charge in [0.25, 0.3) is 0 Å². The van der Waals surface area contributed by atoms with Crippen LogP contribution in [0.3, 0.4) is 0 Å². The van der Waals surface area contributed by atoms with Crippen LogP contribution in [-0.2, 0) is 12.8 Å². The quantitative estimate of drug-likeness (QED) is 0.718. The number of hydrogen-bond donors (Lipinski definition) is 0. The summed E-state index contributed by atoms with van der Waals surface area (Å²) in [5.41, 5.74) is 4.19. The molecule has 2 aromatic carbocycles. The third kappa shape index (κ3) is 3.94. The number of aryl methyl sites for hydroxylation is 1. The first-order valence-corrected chi connectivity index (χ1v) is 9.82. The molecule has 2 unspecified atom stereocenters. The van der Waals surface area contributed by atoms with Gasteiger partial charge in [-0.25, -0.2) is 0 Å². The lowest BCUT2D eigenvalue weighted by molar-refractivity contribution is 0.322. The Hall–Kier alpha value is -1.91. The highest BCUT2D eigenvalue weighted by molar-refractivity contribution is 5.85. The van der Waals surface area contributed by atoms with Crippen molar-refractivity contribution in [2.75, 3.05) is 41.0 Å². The summed E-state index contributed by atoms with van der Waals surface area (Å²) in [5.74, 6) is 4.04. The minimum Gasteiger partial charge on any atom is -0.496 e. The first-order chi connectivity index (χ1) is 13.2. The molecule has 2 aliphatic rings. The number of benzene rings is 2. The van der Waals surface area contributed by atoms with Crippen molar-refractivity contribution in [1.29, 1.82) is 0 Å². The zero-order chi connectivity index (χ0) is 18.8. The monoisotopic (exact) mass is 403 g/mol. The first-order valence-electron chi connectivity index (χ1n) is 9.82. The highest BCUT2D eigenvalue weighted by Gasteiger charge is 2.37. The van der Waals surface area contributed by atoms with E-state index < -0.39 is 0 Å². The third-order valence-corrected chi connectivity index (χ3v) is 6.24. The Labute approximate surface area is 174 Å². The van der Waals surface area contributed by atoms with Crippen LogP contribution >= 0.6 is 12.4 Å². The molecule has 28 heavy (non-hydrogen) atoms. The Morgan fingerprint density at radius 2 is 1.64 bits per heavy atom. The minimum absolute atomic E-state index is 0. The summed E-state index contributed by atoms with van der Waals surface area (Å²) in [7, 11) is 5.19. The second kappa shape index (κ2) is 9.06. The van der Waals surface area contributed by atoms with Crippen LogP contribution in [0, 0.1) is 5.92 Å². The van der Waals surface area contributed by atoms with Crippen molar-refractivity contribution in [3.05, 3.63) is 53.1 Å². The minimum atomic E-state index is 0. The van der Waals surface area contributed by atoms with Crippen molar-refractivity contribution in [3.8, 4) is 17.2 Å². The number of likely N-dealkylation sites (tertiary alicyclic amines) is 1. The van der Waals surface area contributed by atoms with Crippen molar-refractivity contribution in [1.82, 2.24) is 4.90 Å². The second-order valence-corrected chi connectivity index (χ2v) is 7.63. The Bertz CT molecular complexity index is 810. The van der Waals surface area contributed by atoms with Gasteiger partial charge in [-0.1, -0.05) is 18.2 Å². The molecule has 4 nitrogen and oxygen atoms in total. The number of nitrogens with zero attached hydrogens (tertiary/aromatic N) is 1. The maximum absolute atomic E-state index is 5.56. The molecule has 152 valence electrons. The van der Waals surface area contributed by atoms with Crippen molar-refractivity contribution in [2.45, 2.75) is 25.2 Å². The van der Waals surface area contributed by atoms with Gasteiger partial charge in [0.2, 0.25) is 0 Å². The summed E-state index contributed by atoms with van der Waals surface area (Å²) in [6.45, 7) is 3.39. The highest BCUT2D eigenvalue weighted by atomic mass is 35.5. The van der Waals surface area contributed by atoms with Gasteiger partial charge in [-0.2, -0.15) is 0 Å². The maximum atomic E-state index is 5.56. The fourth-order valence-electron chi connectivity index (χ4n) is 4.82. The van der Waals surface area contributed by atoms with E-state index in [1.165, 1.54) is 29.7 Å². The van der Waals surface area contributed by atoms with Gasteiger partial charge in [0, 0.05) is 25.6 Å². The van der Waals surface area contributed by atoms with Crippen molar-refractivity contribution in [3.63, 3.8) is 0 Å². The lowest BCUT2D eigenvalue weighted by Gasteiger charge is -2.28. The molecule has 0 saturated carbocycles. The van der Waals surface area contributed by atoms with Crippen LogP contribution in [0.25, 0.3) is 0 Å². The zero-order valence-corrected chi connectivity index (χ0v) is 17.8. The Morgan fingerprint density at radius 1 is 0.929 bits per heavy atom. The van der Waals surface area contributed by atoms with Gasteiger partial charge >= 0.3 is 0 Å². The average Bonchev–Trinajstić information content (AvgIpc) is 3.14. The van der Waals surface area contributed by atoms with Gasteiger partial charge < -0.3 is 19.1 Å². The van der Waals surface area contributed by atoms with Gasteiger partial charge in [0.15, 0.2) is 11.5 Å². The molecule has 2 aromatic rings. The smallest absolute Gasteiger partial charge is 0.161 e. The molecule has 0 amide bonds. The van der Waals surface area contributed by atoms with Crippen LogP contribution in [0.2, 0.25) is 0 Å². The SMILES string of the molecule is COc1ccccc1CCN1CC2CCc3cc(OC)c(OC)cc3C2C1.Cl. The van der Waals surface area contributed by atoms with E-state index in [1.54, 1.807) is 21.3 Å². The standard InChI is InChI=1S/C23H29NO3.ClH/c1-25-21-7-5-4-6-16(21)10-11-24-14-18-9-8-17-12-22(26-2)23(27-3)13-19(17)20(18)15-24;/h4-7,12-13,18,20H,8-11,14-15H2,1-3H3;1H. The number of methoxy groups -OCH3 is 3. The van der Waals surface area contributed by atoms with Crippen molar-refractivity contribution in [2.24, 2.45) is 5.92 Å². The molecule has 5 heteroatoms. The molecule has 1 heterocycles. The predicted molar refractivity (Wildman–Crippen MR) is 114 cm³/mol. The summed E-state index contributed by atoms with van der Waals surface area (Å²) < 4.78 is 16.6. The Morgan fingerprint density at radius 3 is 2.39 bits per heavy atom. The summed E-state index contributed by atoms with van der Waals surface area (Å²) in [4.78, 5) is 2.62. The van der Waals surface area contributed by atoms with Crippen LogP contribution in [0.4, 0.5) is 0 Å². The van der Waals surface area contributed by atoms with Gasteiger partial charge in [0.05, 0.1) is 21.3 Å². The van der Waals surface area contributed by atoms with E-state index >= 15 is 0 Å². The van der Waals surface area contributed by atoms with E-state index in [9.17, 15) is 0 Å². The second-order valence-electron chi connectivity index (χ2n) is 7.63. The van der Waals surface area contributed by atoms with Crippen LogP contribution in [-0.4, -0.2) is 45.9 Å². The molecule has 4 rings (SSSR count). The van der Waals surface area contributed by atoms with E-state index in [2.05, 4.69) is 35.2 Å². The van der Waals surface area contributed by atoms with Crippen LogP contribution < -0.4 is 14.2 Å². The van der Waals surface area contributed by atoms with E-state index in [0.29, 0.717) is 5.92 Å². The molecule has 1 aliphatic carbocycles. The molecule has 0 radical (unpaired) electrons. The summed E-state index contributed by atoms with van der Waals surface area (Å²) in [6, 6.07) is 12.8. The van der Waals surface area contributed by atoms with Gasteiger partial charge in [-0.3, -0.25) is 0 Å². The number of ether oxygens (including phenoxy) is 3. The zero-order valence-electron chi connectivity index (χ0n) is 16.9. The van der Waals surface area contributed by atoms with Gasteiger partial charge in [0.1, 0.15) is 5.75 Å². The highest BCUT2D eigenvalue weighted by Crippen LogP contribution is 2.45. The van der Waals surface area contributed by atoms with E-state index in [4.69, 9.17) is 14.2 Å². The van der Waals surface area contributed by atoms with Crippen LogP contribution in [0.1, 0.15) is 29.0 Å². The molecule has 0 spiro atoms. The topological polar surface area (TPSA) is 30.9 Å². The van der Waals surface area contributed by atoms with Gasteiger partial charge in [-0.05, 0) is 60.1 Å². The molecule has 1 saturated heterocycles. The van der Waals surface area contributed by atoms with E-state index in [1.807, 2.05) is 6.07 Å². The molecule has 0 bridgehead atoms. The van der Waals surface area contributed by atoms with E-state index in [0.717, 1.165) is 49.1 Å². The van der Waals surface area contributed by atoms with Crippen LogP contribution in [0.15, 0.2) is 36.4 Å². The molecular weight excluding hydrogens is 374 g/mol. The largest absolute Gasteiger partial charge is 0.496 e. The Balaban J connectivity index is 0.00000225. The first kappa shape index (κ1) is 20.8. The molecular formula is C23H30ClNO3. The fourth-order valence-corrected chi connectivity index (χ4v) is 4.82. The fraction of sp³-hybridized carbons (Fsp3) is 0.478. The number of para-hydroxylation sites is 1. The molecule has 1 fully saturated rings. The maximum Gasteiger partial charge on any atom is 0.161 e. The summed E-state index contributed by atoms with van der Waals surface area (Å²) in [5, 5.41) is 0. The number of halogens is 1. The molecule has 1 aliphatic heterocycles. The number of fused-ring (bicyclic) bond motifs is 3. The number of rotatable bonds is 6. The van der Waals surface area contributed by atoms with Gasteiger partial charge in [-0.15, -0.1) is 12.4 Å². The average molecular weight is 404 g/mol. The predicted octanol–water partition coefficient (Wildman–Crippen LogP) is 4.34. The lowest BCUT2D eigenvalue weighted by Crippen LogP contribution is -2.23. The molecule has 0 aromatic heterocycles. The molecule has 0 N–H and O–H groups in total. The number of hydrogen-bond acceptors (Lipinski definition) is 4. The van der Waals surface area contributed by atoms with E-state index in [-0.39, 0.29) is 12.4 Å². The summed E-state index contributed by atoms with van der Waals surface area (Å²) in [6.07, 6.45) is 3.43. The van der Waals surface area contributed by atoms with Crippen molar-refractivity contribution < 1.29 is 14.2 Å². The molecule has 2 atom stereocenters. The normalized spacial score (nSPS) is 20.7. The third-order valence-electron chi connectivity index (χ3n) is 6.24. The summed E-state index contributed by atoms with van der Waals surface area (Å²) >= 11 is 0. The van der Waals surface area contributed by atoms with Crippen LogP contribution in [0.5, 0.6) is 17.2 Å². The Kier molecular flexibility index (Phi) is 6.73. The van der Waals surface area contributed by atoms with Crippen molar-refractivity contribution >= 4 is 12.4 Å². The lowest BCUT2D eigenvalue weighted by atomic mass is 9.77.